The van der Waals surface area contributed by atoms with E-state index < -0.39 is 0 Å². The van der Waals surface area contributed by atoms with Crippen molar-refractivity contribution in [3.05, 3.63) is 0 Å². The van der Waals surface area contributed by atoms with E-state index in [1.54, 1.807) is 7.11 Å². The number of carbonyl (C=O) groups is 1. The molecule has 2 unspecified atom stereocenters. The lowest BCUT2D eigenvalue weighted by Crippen LogP contribution is -2.42. The molecule has 0 radical (unpaired) electrons. The van der Waals surface area contributed by atoms with E-state index in [0.717, 1.165) is 38.9 Å². The third kappa shape index (κ3) is 2.89. The minimum Gasteiger partial charge on any atom is -0.380 e. The first kappa shape index (κ1) is 13.0. The molecule has 0 aromatic rings. The number of hydrogen-bond acceptors (Lipinski definition) is 3. The van der Waals surface area contributed by atoms with Crippen LogP contribution < -0.4 is 0 Å². The Morgan fingerprint density at radius 1 is 1.41 bits per heavy atom. The first-order valence-electron chi connectivity index (χ1n) is 6.82. The van der Waals surface area contributed by atoms with Gasteiger partial charge in [0, 0.05) is 31.5 Å². The lowest BCUT2D eigenvalue weighted by molar-refractivity contribution is -0.128. The highest BCUT2D eigenvalue weighted by Gasteiger charge is 2.41. The van der Waals surface area contributed by atoms with E-state index in [9.17, 15) is 4.79 Å². The summed E-state index contributed by atoms with van der Waals surface area (Å²) in [5.41, 5.74) is -0.0822. The second-order valence-corrected chi connectivity index (χ2v) is 6.24. The van der Waals surface area contributed by atoms with E-state index in [-0.39, 0.29) is 11.3 Å². The molecule has 2 aliphatic rings. The molecular weight excluding hydrogens is 214 g/mol. The number of rotatable bonds is 3. The number of methoxy groups -OCH3 is 1. The van der Waals surface area contributed by atoms with Gasteiger partial charge in [-0.2, -0.15) is 0 Å². The normalized spacial score (nSPS) is 34.2. The van der Waals surface area contributed by atoms with Gasteiger partial charge in [-0.3, -0.25) is 4.79 Å². The van der Waals surface area contributed by atoms with Gasteiger partial charge in [-0.1, -0.05) is 13.8 Å². The molecule has 1 heterocycles. The topological polar surface area (TPSA) is 29.5 Å². The van der Waals surface area contributed by atoms with Crippen LogP contribution in [0.5, 0.6) is 0 Å². The average molecular weight is 239 g/mol. The first-order chi connectivity index (χ1) is 8.03. The molecule has 0 aromatic heterocycles. The van der Waals surface area contributed by atoms with Gasteiger partial charge in [-0.05, 0) is 32.2 Å². The van der Waals surface area contributed by atoms with Crippen molar-refractivity contribution in [1.82, 2.24) is 4.90 Å². The number of hydrogen-bond donors (Lipinski definition) is 0. The van der Waals surface area contributed by atoms with Crippen LogP contribution in [0.4, 0.5) is 0 Å². The van der Waals surface area contributed by atoms with Crippen LogP contribution in [-0.4, -0.2) is 43.5 Å². The molecule has 2 atom stereocenters. The fourth-order valence-electron chi connectivity index (χ4n) is 3.20. The van der Waals surface area contributed by atoms with Crippen LogP contribution in [0.15, 0.2) is 0 Å². The van der Waals surface area contributed by atoms with Crippen molar-refractivity contribution in [2.75, 3.05) is 26.7 Å². The van der Waals surface area contributed by atoms with Crippen LogP contribution >= 0.6 is 0 Å². The molecule has 0 N–H and O–H groups in total. The SMILES string of the molecule is COC1CCCN(CC2CCC(C)(C)C2=O)C1. The molecule has 0 bridgehead atoms. The highest BCUT2D eigenvalue weighted by molar-refractivity contribution is 5.88. The van der Waals surface area contributed by atoms with E-state index in [1.807, 2.05) is 0 Å². The van der Waals surface area contributed by atoms with Crippen molar-refractivity contribution in [3.63, 3.8) is 0 Å². The zero-order chi connectivity index (χ0) is 12.5. The Balaban J connectivity index is 1.87. The Labute approximate surface area is 105 Å². The largest absolute Gasteiger partial charge is 0.380 e. The van der Waals surface area contributed by atoms with E-state index >= 15 is 0 Å². The van der Waals surface area contributed by atoms with E-state index in [4.69, 9.17) is 4.74 Å². The molecule has 98 valence electrons. The van der Waals surface area contributed by atoms with Crippen LogP contribution in [0.3, 0.4) is 0 Å². The number of ketones is 1. The van der Waals surface area contributed by atoms with Crippen LogP contribution in [-0.2, 0) is 9.53 Å². The Bertz CT molecular complexity index is 288. The van der Waals surface area contributed by atoms with Crippen LogP contribution in [0.25, 0.3) is 0 Å². The summed E-state index contributed by atoms with van der Waals surface area (Å²) in [4.78, 5) is 14.6. The summed E-state index contributed by atoms with van der Waals surface area (Å²) in [7, 11) is 1.79. The van der Waals surface area contributed by atoms with Crippen LogP contribution in [0.2, 0.25) is 0 Å². The minimum atomic E-state index is -0.0822. The maximum atomic E-state index is 12.2. The second kappa shape index (κ2) is 5.07. The summed E-state index contributed by atoms with van der Waals surface area (Å²) in [5, 5.41) is 0. The third-order valence-corrected chi connectivity index (χ3v) is 4.43. The summed E-state index contributed by atoms with van der Waals surface area (Å²) < 4.78 is 5.43. The molecule has 3 heteroatoms. The van der Waals surface area contributed by atoms with Gasteiger partial charge in [0.1, 0.15) is 5.78 Å². The molecule has 2 rings (SSSR count). The summed E-state index contributed by atoms with van der Waals surface area (Å²) in [5.74, 6) is 0.734. The zero-order valence-corrected chi connectivity index (χ0v) is 11.4. The van der Waals surface area contributed by atoms with Crippen molar-refractivity contribution < 1.29 is 9.53 Å². The van der Waals surface area contributed by atoms with E-state index in [2.05, 4.69) is 18.7 Å². The first-order valence-corrected chi connectivity index (χ1v) is 6.82. The molecule has 1 aliphatic carbocycles. The minimum absolute atomic E-state index is 0.0822. The number of ether oxygens (including phenoxy) is 1. The monoisotopic (exact) mass is 239 g/mol. The molecule has 1 aliphatic heterocycles. The summed E-state index contributed by atoms with van der Waals surface area (Å²) >= 11 is 0. The van der Waals surface area contributed by atoms with Crippen molar-refractivity contribution in [1.29, 1.82) is 0 Å². The molecular formula is C14H25NO2. The predicted molar refractivity (Wildman–Crippen MR) is 68.0 cm³/mol. The lowest BCUT2D eigenvalue weighted by Gasteiger charge is -2.33. The molecule has 0 spiro atoms. The number of likely N-dealkylation sites (tertiary alicyclic amines) is 1. The maximum absolute atomic E-state index is 12.2. The molecule has 1 saturated heterocycles. The quantitative estimate of drug-likeness (QED) is 0.755. The van der Waals surface area contributed by atoms with Crippen molar-refractivity contribution in [2.24, 2.45) is 11.3 Å². The van der Waals surface area contributed by atoms with Gasteiger partial charge in [0.15, 0.2) is 0 Å². The van der Waals surface area contributed by atoms with Crippen molar-refractivity contribution in [3.8, 4) is 0 Å². The molecule has 0 amide bonds. The van der Waals surface area contributed by atoms with Gasteiger partial charge in [0.25, 0.3) is 0 Å². The molecule has 17 heavy (non-hydrogen) atoms. The van der Waals surface area contributed by atoms with Crippen molar-refractivity contribution >= 4 is 5.78 Å². The standard InChI is InChI=1S/C14H25NO2/c1-14(2)7-6-11(13(14)16)9-15-8-4-5-12(10-15)17-3/h11-12H,4-10H2,1-3H3. The Hall–Kier alpha value is -0.410. The average Bonchev–Trinajstić information content (AvgIpc) is 2.57. The summed E-state index contributed by atoms with van der Waals surface area (Å²) in [6.07, 6.45) is 4.85. The van der Waals surface area contributed by atoms with Crippen LogP contribution in [0.1, 0.15) is 39.5 Å². The van der Waals surface area contributed by atoms with Gasteiger partial charge < -0.3 is 9.64 Å². The van der Waals surface area contributed by atoms with Gasteiger partial charge in [0.2, 0.25) is 0 Å². The van der Waals surface area contributed by atoms with Gasteiger partial charge in [-0.15, -0.1) is 0 Å². The zero-order valence-electron chi connectivity index (χ0n) is 11.4. The van der Waals surface area contributed by atoms with E-state index in [1.165, 1.54) is 6.42 Å². The van der Waals surface area contributed by atoms with Crippen LogP contribution in [0, 0.1) is 11.3 Å². The fraction of sp³-hybridized carbons (Fsp3) is 0.929. The number of Topliss-reactive ketones (excluding diaryl/α,β-unsaturated/α-hetero) is 1. The van der Waals surface area contributed by atoms with E-state index in [0.29, 0.717) is 11.9 Å². The highest BCUT2D eigenvalue weighted by Crippen LogP contribution is 2.38. The molecule has 0 aromatic carbocycles. The summed E-state index contributed by atoms with van der Waals surface area (Å²) in [6, 6.07) is 0. The maximum Gasteiger partial charge on any atom is 0.142 e. The number of carbonyl (C=O) groups excluding carboxylic acids is 1. The Kier molecular flexibility index (Phi) is 3.88. The predicted octanol–water partition coefficient (Wildman–Crippen LogP) is 2.10. The van der Waals surface area contributed by atoms with Gasteiger partial charge in [0.05, 0.1) is 6.10 Å². The fourth-order valence-corrected chi connectivity index (χ4v) is 3.20. The third-order valence-electron chi connectivity index (χ3n) is 4.43. The number of nitrogens with zero attached hydrogens (tertiary/aromatic N) is 1. The lowest BCUT2D eigenvalue weighted by atomic mass is 9.89. The van der Waals surface area contributed by atoms with Gasteiger partial charge >= 0.3 is 0 Å². The molecule has 3 nitrogen and oxygen atoms in total. The Morgan fingerprint density at radius 2 is 2.18 bits per heavy atom. The molecule has 2 fully saturated rings. The Morgan fingerprint density at radius 3 is 2.76 bits per heavy atom. The van der Waals surface area contributed by atoms with Crippen molar-refractivity contribution in [2.45, 2.75) is 45.6 Å². The summed E-state index contributed by atoms with van der Waals surface area (Å²) in [6.45, 7) is 7.25. The highest BCUT2D eigenvalue weighted by atomic mass is 16.5. The molecule has 1 saturated carbocycles. The second-order valence-electron chi connectivity index (χ2n) is 6.24. The van der Waals surface area contributed by atoms with Gasteiger partial charge in [-0.25, -0.2) is 0 Å². The smallest absolute Gasteiger partial charge is 0.142 e. The number of piperidine rings is 1.